The Morgan fingerprint density at radius 2 is 2.12 bits per heavy atom. The molecule has 2 aliphatic rings. The van der Waals surface area contributed by atoms with Gasteiger partial charge in [0, 0.05) is 25.3 Å². The number of piperidine rings is 1. The number of carbonyl (C=O) groups excluding carboxylic acids is 2. The van der Waals surface area contributed by atoms with Crippen LogP contribution in [0.25, 0.3) is 0 Å². The van der Waals surface area contributed by atoms with Crippen molar-refractivity contribution in [1.82, 2.24) is 5.32 Å². The first-order chi connectivity index (χ1) is 12.5. The van der Waals surface area contributed by atoms with E-state index in [4.69, 9.17) is 4.74 Å². The Hall–Kier alpha value is -1.96. The second-order valence-corrected chi connectivity index (χ2v) is 7.75. The average molecular weight is 381 g/mol. The lowest BCUT2D eigenvalue weighted by Crippen LogP contribution is -2.35. The van der Waals surface area contributed by atoms with E-state index in [0.29, 0.717) is 16.6 Å². The normalized spacial score (nSPS) is 21.0. The number of nitrogens with one attached hydrogen (secondary N) is 1. The van der Waals surface area contributed by atoms with Gasteiger partial charge in [0.2, 0.25) is 5.91 Å². The van der Waals surface area contributed by atoms with E-state index in [9.17, 15) is 14.0 Å². The first-order valence-corrected chi connectivity index (χ1v) is 10.1. The lowest BCUT2D eigenvalue weighted by atomic mass is 10.1. The van der Waals surface area contributed by atoms with Gasteiger partial charge in [-0.15, -0.1) is 0 Å². The van der Waals surface area contributed by atoms with Crippen LogP contribution in [-0.2, 0) is 9.53 Å². The molecule has 0 radical (unpaired) electrons. The molecule has 1 atom stereocenters. The van der Waals surface area contributed by atoms with Crippen LogP contribution in [-0.4, -0.2) is 55.8 Å². The van der Waals surface area contributed by atoms with Crippen LogP contribution in [0.1, 0.15) is 19.8 Å². The van der Waals surface area contributed by atoms with Crippen LogP contribution in [0.15, 0.2) is 18.2 Å². The third-order valence-electron chi connectivity index (χ3n) is 4.81. The number of nitrogens with zero attached hydrogens (tertiary/aromatic N) is 2. The van der Waals surface area contributed by atoms with Gasteiger partial charge in [-0.2, -0.15) is 11.8 Å². The number of cyclic esters (lactones) is 1. The van der Waals surface area contributed by atoms with E-state index in [1.54, 1.807) is 12.1 Å². The fourth-order valence-corrected chi connectivity index (χ4v) is 4.03. The highest BCUT2D eigenvalue weighted by Crippen LogP contribution is 2.31. The molecule has 0 saturated carbocycles. The molecule has 2 fully saturated rings. The third kappa shape index (κ3) is 4.23. The summed E-state index contributed by atoms with van der Waals surface area (Å²) in [6.07, 6.45) is 3.26. The van der Waals surface area contributed by atoms with Gasteiger partial charge >= 0.3 is 6.09 Å². The van der Waals surface area contributed by atoms with Crippen molar-refractivity contribution in [2.75, 3.05) is 42.2 Å². The fraction of sp³-hybridized carbons (Fsp3) is 0.556. The monoisotopic (exact) mass is 381 g/mol. The minimum Gasteiger partial charge on any atom is -0.442 e. The van der Waals surface area contributed by atoms with E-state index < -0.39 is 12.2 Å². The van der Waals surface area contributed by atoms with Crippen LogP contribution < -0.4 is 15.1 Å². The van der Waals surface area contributed by atoms with Crippen molar-refractivity contribution in [2.45, 2.75) is 31.1 Å². The minimum absolute atomic E-state index is 0.180. The summed E-state index contributed by atoms with van der Waals surface area (Å²) in [6.45, 7) is 3.63. The van der Waals surface area contributed by atoms with E-state index >= 15 is 0 Å². The maximum Gasteiger partial charge on any atom is 0.414 e. The molecule has 0 aromatic heterocycles. The van der Waals surface area contributed by atoms with Crippen LogP contribution in [0, 0.1) is 5.82 Å². The van der Waals surface area contributed by atoms with Crippen molar-refractivity contribution in [2.24, 2.45) is 0 Å². The van der Waals surface area contributed by atoms with Gasteiger partial charge in [-0.3, -0.25) is 9.69 Å². The molecule has 2 saturated heterocycles. The number of hydrogen-bond donors (Lipinski definition) is 1. The molecule has 142 valence electrons. The first kappa shape index (κ1) is 18.8. The highest BCUT2D eigenvalue weighted by Gasteiger charge is 2.33. The van der Waals surface area contributed by atoms with E-state index in [1.807, 2.05) is 11.8 Å². The standard InChI is InChI=1S/C18H24FN3O3S/c1-12(23)20-10-14-11-22(18(24)25-14)13-3-4-17(16(19)9-13)21-7-5-15(26-2)6-8-21/h3-4,9,14-15H,5-8,10-11H2,1-2H3,(H,20,23). The van der Waals surface area contributed by atoms with E-state index in [-0.39, 0.29) is 24.8 Å². The lowest BCUT2D eigenvalue weighted by molar-refractivity contribution is -0.119. The Morgan fingerprint density at radius 1 is 1.38 bits per heavy atom. The Balaban J connectivity index is 1.66. The maximum atomic E-state index is 14.7. The number of ether oxygens (including phenoxy) is 1. The van der Waals surface area contributed by atoms with Gasteiger partial charge in [-0.05, 0) is 37.3 Å². The molecule has 2 amide bonds. The molecule has 8 heteroatoms. The molecule has 0 aliphatic carbocycles. The molecule has 1 unspecified atom stereocenters. The second-order valence-electron chi connectivity index (χ2n) is 6.61. The minimum atomic E-state index is -0.520. The van der Waals surface area contributed by atoms with Crippen molar-refractivity contribution in [3.8, 4) is 0 Å². The molecule has 3 rings (SSSR count). The van der Waals surface area contributed by atoms with E-state index in [1.165, 1.54) is 17.9 Å². The molecular weight excluding hydrogens is 357 g/mol. The van der Waals surface area contributed by atoms with Crippen molar-refractivity contribution < 1.29 is 18.7 Å². The van der Waals surface area contributed by atoms with Gasteiger partial charge in [-0.25, -0.2) is 9.18 Å². The molecule has 6 nitrogen and oxygen atoms in total. The Morgan fingerprint density at radius 3 is 2.73 bits per heavy atom. The maximum absolute atomic E-state index is 14.7. The second kappa shape index (κ2) is 8.16. The van der Waals surface area contributed by atoms with Gasteiger partial charge in [0.1, 0.15) is 11.9 Å². The Kier molecular flexibility index (Phi) is 5.90. The molecule has 0 bridgehead atoms. The molecule has 1 N–H and O–H groups in total. The predicted octanol–water partition coefficient (Wildman–Crippen LogP) is 2.62. The predicted molar refractivity (Wildman–Crippen MR) is 101 cm³/mol. The summed E-state index contributed by atoms with van der Waals surface area (Å²) in [5, 5.41) is 3.27. The molecule has 1 aromatic carbocycles. The SMILES string of the molecule is CSC1CCN(c2ccc(N3CC(CNC(C)=O)OC3=O)cc2F)CC1. The van der Waals surface area contributed by atoms with Gasteiger partial charge in [-0.1, -0.05) is 0 Å². The largest absolute Gasteiger partial charge is 0.442 e. The topological polar surface area (TPSA) is 61.9 Å². The number of amides is 2. The van der Waals surface area contributed by atoms with Gasteiger partial charge in [0.15, 0.2) is 0 Å². The Labute approximate surface area is 157 Å². The van der Waals surface area contributed by atoms with E-state index in [2.05, 4.69) is 16.5 Å². The number of hydrogen-bond acceptors (Lipinski definition) is 5. The summed E-state index contributed by atoms with van der Waals surface area (Å²) in [5.74, 6) is -0.511. The molecule has 0 spiro atoms. The van der Waals surface area contributed by atoms with Crippen molar-refractivity contribution >= 4 is 35.1 Å². The number of halogens is 1. The summed E-state index contributed by atoms with van der Waals surface area (Å²) in [6, 6.07) is 4.87. The van der Waals surface area contributed by atoms with E-state index in [0.717, 1.165) is 25.9 Å². The highest BCUT2D eigenvalue weighted by molar-refractivity contribution is 7.99. The fourth-order valence-electron chi connectivity index (χ4n) is 3.35. The highest BCUT2D eigenvalue weighted by atomic mass is 32.2. The molecule has 1 aromatic rings. The summed E-state index contributed by atoms with van der Waals surface area (Å²) < 4.78 is 19.9. The van der Waals surface area contributed by atoms with Crippen LogP contribution in [0.5, 0.6) is 0 Å². The van der Waals surface area contributed by atoms with Crippen LogP contribution in [0.2, 0.25) is 0 Å². The molecular formula is C18H24FN3O3S. The number of thioether (sulfide) groups is 1. The summed E-state index contributed by atoms with van der Waals surface area (Å²) >= 11 is 1.87. The van der Waals surface area contributed by atoms with Crippen molar-refractivity contribution in [3.05, 3.63) is 24.0 Å². The average Bonchev–Trinajstić information content (AvgIpc) is 3.01. The number of carbonyl (C=O) groups is 2. The quantitative estimate of drug-likeness (QED) is 0.850. The molecule has 2 heterocycles. The van der Waals surface area contributed by atoms with Crippen molar-refractivity contribution in [1.29, 1.82) is 0 Å². The zero-order valence-corrected chi connectivity index (χ0v) is 15.9. The van der Waals surface area contributed by atoms with Crippen molar-refractivity contribution in [3.63, 3.8) is 0 Å². The number of rotatable bonds is 5. The van der Waals surface area contributed by atoms with Gasteiger partial charge in [0.25, 0.3) is 0 Å². The van der Waals surface area contributed by atoms with Gasteiger partial charge in [0.05, 0.1) is 24.5 Å². The first-order valence-electron chi connectivity index (χ1n) is 8.78. The molecule has 2 aliphatic heterocycles. The number of anilines is 2. The summed E-state index contributed by atoms with van der Waals surface area (Å²) in [4.78, 5) is 26.5. The van der Waals surface area contributed by atoms with Crippen LogP contribution in [0.3, 0.4) is 0 Å². The zero-order chi connectivity index (χ0) is 18.7. The molecule has 26 heavy (non-hydrogen) atoms. The van der Waals surface area contributed by atoms with Gasteiger partial charge < -0.3 is 15.0 Å². The third-order valence-corrected chi connectivity index (χ3v) is 5.95. The van der Waals surface area contributed by atoms with Crippen LogP contribution in [0.4, 0.5) is 20.6 Å². The Bertz CT molecular complexity index is 680. The lowest BCUT2D eigenvalue weighted by Gasteiger charge is -2.33. The van der Waals surface area contributed by atoms with Crippen LogP contribution >= 0.6 is 11.8 Å². The number of benzene rings is 1. The summed E-state index contributed by atoms with van der Waals surface area (Å²) in [5.41, 5.74) is 1.05. The zero-order valence-electron chi connectivity index (χ0n) is 15.0. The smallest absolute Gasteiger partial charge is 0.414 e. The summed E-state index contributed by atoms with van der Waals surface area (Å²) in [7, 11) is 0.